The van der Waals surface area contributed by atoms with Gasteiger partial charge in [0, 0.05) is 5.56 Å². The number of nitriles is 1. The molecule has 1 saturated carbocycles. The van der Waals surface area contributed by atoms with Gasteiger partial charge in [-0.15, -0.1) is 0 Å². The second-order valence-corrected chi connectivity index (χ2v) is 6.25. The van der Waals surface area contributed by atoms with Gasteiger partial charge in [-0.05, 0) is 62.6 Å². The Morgan fingerprint density at radius 3 is 2.62 bits per heavy atom. The van der Waals surface area contributed by atoms with Crippen LogP contribution < -0.4 is 5.32 Å². The fourth-order valence-electron chi connectivity index (χ4n) is 3.13. The van der Waals surface area contributed by atoms with E-state index in [4.69, 9.17) is 0 Å². The molecule has 1 aromatic carbocycles. The van der Waals surface area contributed by atoms with Gasteiger partial charge in [-0.3, -0.25) is 4.79 Å². The van der Waals surface area contributed by atoms with Gasteiger partial charge in [0.25, 0.3) is 5.91 Å². The molecule has 21 heavy (non-hydrogen) atoms. The Hall–Kier alpha value is -1.82. The molecule has 0 atom stereocenters. The van der Waals surface area contributed by atoms with Crippen molar-refractivity contribution < 1.29 is 4.79 Å². The zero-order valence-electron chi connectivity index (χ0n) is 13.2. The van der Waals surface area contributed by atoms with Gasteiger partial charge < -0.3 is 5.32 Å². The number of aryl methyl sites for hydroxylation is 1. The number of nitrogens with one attached hydrogen (secondary N) is 1. The maximum atomic E-state index is 12.5. The van der Waals surface area contributed by atoms with E-state index in [-0.39, 0.29) is 5.91 Å². The summed E-state index contributed by atoms with van der Waals surface area (Å²) < 4.78 is 0. The minimum Gasteiger partial charge on any atom is -0.334 e. The number of hydrogen-bond donors (Lipinski definition) is 1. The lowest BCUT2D eigenvalue weighted by Crippen LogP contribution is -2.49. The summed E-state index contributed by atoms with van der Waals surface area (Å²) in [5, 5.41) is 12.6. The Morgan fingerprint density at radius 2 is 2.05 bits per heavy atom. The lowest BCUT2D eigenvalue weighted by Gasteiger charge is -2.35. The highest BCUT2D eigenvalue weighted by atomic mass is 16.1. The van der Waals surface area contributed by atoms with E-state index in [1.54, 1.807) is 0 Å². The molecule has 1 aliphatic carbocycles. The summed E-state index contributed by atoms with van der Waals surface area (Å²) in [6.07, 6.45) is 4.73. The Morgan fingerprint density at radius 1 is 1.38 bits per heavy atom. The van der Waals surface area contributed by atoms with Crippen LogP contribution in [0.1, 0.15) is 60.5 Å². The maximum absolute atomic E-state index is 12.5. The Labute approximate surface area is 127 Å². The van der Waals surface area contributed by atoms with Crippen molar-refractivity contribution in [2.24, 2.45) is 5.92 Å². The zero-order chi connectivity index (χ0) is 15.5. The average molecular weight is 284 g/mol. The first-order valence-electron chi connectivity index (χ1n) is 7.81. The normalized spacial score (nSPS) is 25.1. The van der Waals surface area contributed by atoms with Crippen molar-refractivity contribution in [3.63, 3.8) is 0 Å². The zero-order valence-corrected chi connectivity index (χ0v) is 13.2. The lowest BCUT2D eigenvalue weighted by molar-refractivity contribution is 0.0890. The Bertz CT molecular complexity index is 563. The highest BCUT2D eigenvalue weighted by Gasteiger charge is 2.36. The molecule has 2 rings (SSSR count). The molecule has 0 spiro atoms. The first-order valence-corrected chi connectivity index (χ1v) is 7.81. The van der Waals surface area contributed by atoms with E-state index in [2.05, 4.69) is 18.3 Å². The Balaban J connectivity index is 2.14. The SMILES string of the molecule is CCC1CCC(C#N)(NC(=O)c2cccc(C)c2C)CC1. The van der Waals surface area contributed by atoms with E-state index in [1.165, 1.54) is 0 Å². The predicted molar refractivity (Wildman–Crippen MR) is 84.0 cm³/mol. The third kappa shape index (κ3) is 3.26. The summed E-state index contributed by atoms with van der Waals surface area (Å²) in [6, 6.07) is 8.09. The molecule has 1 fully saturated rings. The molecule has 3 nitrogen and oxygen atoms in total. The average Bonchev–Trinajstić information content (AvgIpc) is 2.50. The smallest absolute Gasteiger partial charge is 0.252 e. The van der Waals surface area contributed by atoms with Crippen LogP contribution in [0.15, 0.2) is 18.2 Å². The number of benzene rings is 1. The molecule has 1 N–H and O–H groups in total. The highest BCUT2D eigenvalue weighted by Crippen LogP contribution is 2.33. The van der Waals surface area contributed by atoms with E-state index in [9.17, 15) is 10.1 Å². The molecular weight excluding hydrogens is 260 g/mol. The fourth-order valence-corrected chi connectivity index (χ4v) is 3.13. The number of rotatable bonds is 3. The largest absolute Gasteiger partial charge is 0.334 e. The number of carbonyl (C=O) groups is 1. The van der Waals surface area contributed by atoms with Crippen LogP contribution in [0.4, 0.5) is 0 Å². The summed E-state index contributed by atoms with van der Waals surface area (Å²) in [5.74, 6) is 0.580. The summed E-state index contributed by atoms with van der Waals surface area (Å²) in [4.78, 5) is 12.5. The van der Waals surface area contributed by atoms with Gasteiger partial charge in [0.2, 0.25) is 0 Å². The topological polar surface area (TPSA) is 52.9 Å². The van der Waals surface area contributed by atoms with E-state index in [1.807, 2.05) is 32.0 Å². The van der Waals surface area contributed by atoms with Gasteiger partial charge >= 0.3 is 0 Å². The lowest BCUT2D eigenvalue weighted by atomic mass is 9.76. The third-order valence-corrected chi connectivity index (χ3v) is 4.95. The molecule has 0 saturated heterocycles. The van der Waals surface area contributed by atoms with Gasteiger partial charge in [0.05, 0.1) is 6.07 Å². The van der Waals surface area contributed by atoms with Crippen molar-refractivity contribution >= 4 is 5.91 Å². The summed E-state index contributed by atoms with van der Waals surface area (Å²) in [7, 11) is 0. The minimum atomic E-state index is -0.682. The van der Waals surface area contributed by atoms with Crippen molar-refractivity contribution in [2.45, 2.75) is 58.4 Å². The summed E-state index contributed by atoms with van der Waals surface area (Å²) in [6.45, 7) is 6.15. The van der Waals surface area contributed by atoms with Gasteiger partial charge in [0.15, 0.2) is 0 Å². The standard InChI is InChI=1S/C18H24N2O/c1-4-15-8-10-18(12-19,11-9-15)20-17(21)16-7-5-6-13(2)14(16)3/h5-7,15H,4,8-11H2,1-3H3,(H,20,21). The minimum absolute atomic E-state index is 0.118. The molecule has 3 heteroatoms. The van der Waals surface area contributed by atoms with Crippen LogP contribution >= 0.6 is 0 Å². The molecule has 1 aliphatic rings. The van der Waals surface area contributed by atoms with Crippen LogP contribution in [0.2, 0.25) is 0 Å². The molecule has 0 heterocycles. The fraction of sp³-hybridized carbons (Fsp3) is 0.556. The molecule has 112 valence electrons. The molecule has 1 aromatic rings. The van der Waals surface area contributed by atoms with Crippen molar-refractivity contribution in [1.82, 2.24) is 5.32 Å². The number of hydrogen-bond acceptors (Lipinski definition) is 2. The van der Waals surface area contributed by atoms with Crippen molar-refractivity contribution in [3.8, 4) is 6.07 Å². The van der Waals surface area contributed by atoms with Crippen LogP contribution in [-0.4, -0.2) is 11.4 Å². The van der Waals surface area contributed by atoms with Gasteiger partial charge in [-0.1, -0.05) is 25.5 Å². The third-order valence-electron chi connectivity index (χ3n) is 4.95. The van der Waals surface area contributed by atoms with E-state index >= 15 is 0 Å². The van der Waals surface area contributed by atoms with Crippen molar-refractivity contribution in [2.75, 3.05) is 0 Å². The highest BCUT2D eigenvalue weighted by molar-refractivity contribution is 5.96. The first kappa shape index (κ1) is 15.6. The molecule has 0 unspecified atom stereocenters. The molecular formula is C18H24N2O. The molecule has 0 radical (unpaired) electrons. The van der Waals surface area contributed by atoms with E-state index in [0.29, 0.717) is 11.5 Å². The van der Waals surface area contributed by atoms with Crippen LogP contribution in [-0.2, 0) is 0 Å². The monoisotopic (exact) mass is 284 g/mol. The van der Waals surface area contributed by atoms with Crippen LogP contribution in [0.5, 0.6) is 0 Å². The number of carbonyl (C=O) groups excluding carboxylic acids is 1. The summed E-state index contributed by atoms with van der Waals surface area (Å²) >= 11 is 0. The quantitative estimate of drug-likeness (QED) is 0.915. The van der Waals surface area contributed by atoms with Crippen LogP contribution in [0.25, 0.3) is 0 Å². The van der Waals surface area contributed by atoms with E-state index < -0.39 is 5.54 Å². The first-order chi connectivity index (χ1) is 10.0. The van der Waals surface area contributed by atoms with Crippen molar-refractivity contribution in [1.29, 1.82) is 5.26 Å². The van der Waals surface area contributed by atoms with Gasteiger partial charge in [-0.25, -0.2) is 0 Å². The predicted octanol–water partition coefficient (Wildman–Crippen LogP) is 3.90. The number of amides is 1. The van der Waals surface area contributed by atoms with Crippen LogP contribution in [0, 0.1) is 31.1 Å². The molecule has 0 aromatic heterocycles. The van der Waals surface area contributed by atoms with Crippen molar-refractivity contribution in [3.05, 3.63) is 34.9 Å². The van der Waals surface area contributed by atoms with Crippen LogP contribution in [0.3, 0.4) is 0 Å². The Kier molecular flexibility index (Phi) is 4.67. The van der Waals surface area contributed by atoms with E-state index in [0.717, 1.165) is 43.2 Å². The van der Waals surface area contributed by atoms with Gasteiger partial charge in [0.1, 0.15) is 5.54 Å². The van der Waals surface area contributed by atoms with Gasteiger partial charge in [-0.2, -0.15) is 5.26 Å². The maximum Gasteiger partial charge on any atom is 0.252 e. The summed E-state index contributed by atoms with van der Waals surface area (Å²) in [5.41, 5.74) is 2.09. The molecule has 0 bridgehead atoms. The second kappa shape index (κ2) is 6.30. The number of nitrogens with zero attached hydrogens (tertiary/aromatic N) is 1. The molecule has 0 aliphatic heterocycles. The second-order valence-electron chi connectivity index (χ2n) is 6.25. The molecule has 1 amide bonds.